The third kappa shape index (κ3) is 3.08. The summed E-state index contributed by atoms with van der Waals surface area (Å²) < 4.78 is 5.28. The van der Waals surface area contributed by atoms with Crippen LogP contribution in [-0.2, 0) is 11.3 Å². The first-order valence-electron chi connectivity index (χ1n) is 7.78. The largest absolute Gasteiger partial charge is 0.496 e. The molecule has 0 amide bonds. The third-order valence-electron chi connectivity index (χ3n) is 4.53. The maximum atomic E-state index is 11.5. The van der Waals surface area contributed by atoms with Crippen molar-refractivity contribution in [2.75, 3.05) is 7.11 Å². The van der Waals surface area contributed by atoms with Gasteiger partial charge in [0.25, 0.3) is 0 Å². The number of ether oxygens (including phenoxy) is 1. The van der Waals surface area contributed by atoms with Gasteiger partial charge in [-0.1, -0.05) is 36.4 Å². The molecular formula is C19H21NO3. The summed E-state index contributed by atoms with van der Waals surface area (Å²) in [5.41, 5.74) is 4.30. The minimum atomic E-state index is -0.748. The molecule has 1 aliphatic carbocycles. The van der Waals surface area contributed by atoms with Crippen LogP contribution in [0.5, 0.6) is 5.75 Å². The Bertz CT molecular complexity index is 726. The van der Waals surface area contributed by atoms with Crippen LogP contribution in [0.4, 0.5) is 0 Å². The van der Waals surface area contributed by atoms with Crippen molar-refractivity contribution in [2.45, 2.75) is 31.8 Å². The second-order valence-electron chi connectivity index (χ2n) is 5.99. The number of aliphatic carboxylic acids is 1. The number of nitrogens with one attached hydrogen (secondary N) is 1. The van der Waals surface area contributed by atoms with E-state index in [0.717, 1.165) is 22.4 Å². The van der Waals surface area contributed by atoms with Gasteiger partial charge in [-0.3, -0.25) is 4.79 Å². The molecule has 2 aromatic carbocycles. The van der Waals surface area contributed by atoms with Crippen LogP contribution in [0.25, 0.3) is 0 Å². The Morgan fingerprint density at radius 2 is 2.00 bits per heavy atom. The predicted octanol–water partition coefficient (Wildman–Crippen LogP) is 3.41. The maximum Gasteiger partial charge on any atom is 0.311 e. The first kappa shape index (κ1) is 15.6. The molecule has 4 heteroatoms. The molecule has 1 aliphatic rings. The van der Waals surface area contributed by atoms with E-state index in [-0.39, 0.29) is 6.04 Å². The Labute approximate surface area is 136 Å². The van der Waals surface area contributed by atoms with Gasteiger partial charge in [-0.25, -0.2) is 0 Å². The maximum absolute atomic E-state index is 11.5. The van der Waals surface area contributed by atoms with Crippen molar-refractivity contribution in [1.82, 2.24) is 5.32 Å². The van der Waals surface area contributed by atoms with Crippen LogP contribution in [0.3, 0.4) is 0 Å². The number of benzene rings is 2. The molecule has 2 aromatic rings. The van der Waals surface area contributed by atoms with E-state index in [2.05, 4.69) is 11.4 Å². The molecule has 0 unspecified atom stereocenters. The molecule has 2 atom stereocenters. The van der Waals surface area contributed by atoms with Crippen molar-refractivity contribution in [2.24, 2.45) is 0 Å². The highest BCUT2D eigenvalue weighted by atomic mass is 16.5. The summed E-state index contributed by atoms with van der Waals surface area (Å²) in [6.07, 6.45) is 0.601. The summed E-state index contributed by atoms with van der Waals surface area (Å²) in [7, 11) is 1.67. The molecule has 4 nitrogen and oxygen atoms in total. The second kappa shape index (κ2) is 6.42. The number of rotatable bonds is 5. The van der Waals surface area contributed by atoms with Gasteiger partial charge in [0, 0.05) is 12.6 Å². The van der Waals surface area contributed by atoms with Crippen LogP contribution in [0.15, 0.2) is 42.5 Å². The van der Waals surface area contributed by atoms with Gasteiger partial charge in [0.05, 0.1) is 13.0 Å². The molecule has 0 heterocycles. The number of fused-ring (bicyclic) bond motifs is 1. The predicted molar refractivity (Wildman–Crippen MR) is 88.7 cm³/mol. The van der Waals surface area contributed by atoms with Crippen molar-refractivity contribution in [1.29, 1.82) is 0 Å². The van der Waals surface area contributed by atoms with Gasteiger partial charge in [-0.15, -0.1) is 0 Å². The summed E-state index contributed by atoms with van der Waals surface area (Å²) >= 11 is 0. The van der Waals surface area contributed by atoms with Gasteiger partial charge in [0.1, 0.15) is 5.75 Å². The standard InChI is InChI=1S/C19H21NO3/c1-12-9-13(7-8-18(12)23-2)11-20-17-10-16(19(21)22)14-5-3-4-6-15(14)17/h3-9,16-17,20H,10-11H2,1-2H3,(H,21,22)/t16-,17+/m0/s1. The monoisotopic (exact) mass is 311 g/mol. The highest BCUT2D eigenvalue weighted by molar-refractivity contribution is 5.78. The number of carboxylic acid groups (broad SMARTS) is 1. The van der Waals surface area contributed by atoms with Crippen LogP contribution in [0.2, 0.25) is 0 Å². The van der Waals surface area contributed by atoms with Crippen LogP contribution in [0.1, 0.15) is 40.6 Å². The van der Waals surface area contributed by atoms with Crippen LogP contribution >= 0.6 is 0 Å². The number of carbonyl (C=O) groups is 1. The van der Waals surface area contributed by atoms with Gasteiger partial charge >= 0.3 is 5.97 Å². The summed E-state index contributed by atoms with van der Waals surface area (Å²) in [5.74, 6) is -0.283. The topological polar surface area (TPSA) is 58.6 Å². The zero-order valence-electron chi connectivity index (χ0n) is 13.4. The van der Waals surface area contributed by atoms with E-state index in [1.165, 1.54) is 5.56 Å². The van der Waals surface area contributed by atoms with Crippen molar-refractivity contribution in [3.05, 3.63) is 64.7 Å². The normalized spacial score (nSPS) is 19.4. The average Bonchev–Trinajstić information content (AvgIpc) is 2.92. The van der Waals surface area contributed by atoms with Crippen molar-refractivity contribution < 1.29 is 14.6 Å². The number of methoxy groups -OCH3 is 1. The molecular weight excluding hydrogens is 290 g/mol. The zero-order valence-corrected chi connectivity index (χ0v) is 13.4. The Morgan fingerprint density at radius 1 is 1.26 bits per heavy atom. The Balaban J connectivity index is 1.74. The van der Waals surface area contributed by atoms with Gasteiger partial charge in [0.2, 0.25) is 0 Å². The molecule has 0 saturated carbocycles. The van der Waals surface area contributed by atoms with Gasteiger partial charge in [0.15, 0.2) is 0 Å². The van der Waals surface area contributed by atoms with E-state index < -0.39 is 11.9 Å². The van der Waals surface area contributed by atoms with E-state index in [9.17, 15) is 9.90 Å². The Kier molecular flexibility index (Phi) is 4.35. The molecule has 0 spiro atoms. The molecule has 0 aliphatic heterocycles. The fourth-order valence-corrected chi connectivity index (χ4v) is 3.35. The summed E-state index contributed by atoms with van der Waals surface area (Å²) in [6.45, 7) is 2.73. The van der Waals surface area contributed by atoms with Crippen LogP contribution in [-0.4, -0.2) is 18.2 Å². The Hall–Kier alpha value is -2.33. The first-order valence-corrected chi connectivity index (χ1v) is 7.78. The lowest BCUT2D eigenvalue weighted by atomic mass is 10.0. The van der Waals surface area contributed by atoms with E-state index in [1.807, 2.05) is 43.3 Å². The molecule has 120 valence electrons. The van der Waals surface area contributed by atoms with Gasteiger partial charge < -0.3 is 15.2 Å². The molecule has 0 saturated heterocycles. The fourth-order valence-electron chi connectivity index (χ4n) is 3.35. The van der Waals surface area contributed by atoms with Gasteiger partial charge in [-0.2, -0.15) is 0 Å². The van der Waals surface area contributed by atoms with Crippen LogP contribution in [0, 0.1) is 6.92 Å². The quantitative estimate of drug-likeness (QED) is 0.888. The average molecular weight is 311 g/mol. The molecule has 2 N–H and O–H groups in total. The van der Waals surface area contributed by atoms with E-state index in [4.69, 9.17) is 4.74 Å². The van der Waals surface area contributed by atoms with Crippen molar-refractivity contribution >= 4 is 5.97 Å². The minimum absolute atomic E-state index is 0.0784. The Morgan fingerprint density at radius 3 is 2.65 bits per heavy atom. The molecule has 0 aromatic heterocycles. The summed E-state index contributed by atoms with van der Waals surface area (Å²) in [5, 5.41) is 12.9. The number of hydrogen-bond donors (Lipinski definition) is 2. The molecule has 3 rings (SSSR count). The number of carboxylic acids is 1. The number of aryl methyl sites for hydroxylation is 1. The lowest BCUT2D eigenvalue weighted by molar-refractivity contribution is -0.138. The first-order chi connectivity index (χ1) is 11.1. The van der Waals surface area contributed by atoms with E-state index in [1.54, 1.807) is 7.11 Å². The SMILES string of the molecule is COc1ccc(CN[C@@H]2C[C@H](C(=O)O)c3ccccc32)cc1C. The van der Waals surface area contributed by atoms with Gasteiger partial charge in [-0.05, 0) is 41.7 Å². The fraction of sp³-hybridized carbons (Fsp3) is 0.316. The molecule has 0 bridgehead atoms. The highest BCUT2D eigenvalue weighted by Gasteiger charge is 2.34. The van der Waals surface area contributed by atoms with Crippen molar-refractivity contribution in [3.63, 3.8) is 0 Å². The molecule has 0 radical (unpaired) electrons. The lowest BCUT2D eigenvalue weighted by Gasteiger charge is -2.15. The minimum Gasteiger partial charge on any atom is -0.496 e. The van der Waals surface area contributed by atoms with E-state index in [0.29, 0.717) is 13.0 Å². The summed E-state index contributed by atoms with van der Waals surface area (Å²) in [4.78, 5) is 11.5. The smallest absolute Gasteiger partial charge is 0.311 e. The third-order valence-corrected chi connectivity index (χ3v) is 4.53. The zero-order chi connectivity index (χ0) is 16.4. The molecule has 23 heavy (non-hydrogen) atoms. The molecule has 0 fully saturated rings. The van der Waals surface area contributed by atoms with Crippen LogP contribution < -0.4 is 10.1 Å². The summed E-state index contributed by atoms with van der Waals surface area (Å²) in [6, 6.07) is 14.0. The number of hydrogen-bond acceptors (Lipinski definition) is 3. The highest BCUT2D eigenvalue weighted by Crippen LogP contribution is 2.40. The second-order valence-corrected chi connectivity index (χ2v) is 5.99. The lowest BCUT2D eigenvalue weighted by Crippen LogP contribution is -2.19. The van der Waals surface area contributed by atoms with Crippen molar-refractivity contribution in [3.8, 4) is 5.75 Å². The van der Waals surface area contributed by atoms with E-state index >= 15 is 0 Å².